The van der Waals surface area contributed by atoms with Crippen molar-refractivity contribution in [3.8, 4) is 0 Å². The number of anilines is 1. The van der Waals surface area contributed by atoms with Crippen LogP contribution in [-0.2, 0) is 13.1 Å². The van der Waals surface area contributed by atoms with Gasteiger partial charge >= 0.3 is 0 Å². The molecule has 0 spiro atoms. The Labute approximate surface area is 202 Å². The Morgan fingerprint density at radius 2 is 1.71 bits per heavy atom. The van der Waals surface area contributed by atoms with E-state index in [2.05, 4.69) is 15.0 Å². The Hall–Kier alpha value is -2.86. The molecule has 0 bridgehead atoms. The van der Waals surface area contributed by atoms with E-state index in [0.29, 0.717) is 30.6 Å². The number of nitrogens with two attached hydrogens (primary N) is 1. The van der Waals surface area contributed by atoms with Crippen molar-refractivity contribution in [2.75, 3.05) is 5.32 Å². The lowest BCUT2D eigenvalue weighted by atomic mass is 9.86. The average Bonchev–Trinajstić information content (AvgIpc) is 3.26. The standard InChI is InChI=1S/C28H37N5O/c29-18-20-8-7-9-21(16-20)19-30-28(34)23-14-15-33-25(17-23)32-26(22-10-3-1-4-11-22)27(33)31-24-12-5-2-6-13-24/h7-9,14-17,22,24,31H,1-6,10-13,18-19,29H2,(H,30,34). The van der Waals surface area contributed by atoms with Crippen LogP contribution in [0.1, 0.15) is 97.3 Å². The number of imidazole rings is 1. The van der Waals surface area contributed by atoms with Gasteiger partial charge < -0.3 is 16.4 Å². The average molecular weight is 460 g/mol. The van der Waals surface area contributed by atoms with E-state index in [4.69, 9.17) is 10.7 Å². The second-order valence-electron chi connectivity index (χ2n) is 10.0. The summed E-state index contributed by atoms with van der Waals surface area (Å²) in [4.78, 5) is 18.0. The molecule has 6 heteroatoms. The molecule has 2 heterocycles. The fourth-order valence-electron chi connectivity index (χ4n) is 5.60. The zero-order valence-corrected chi connectivity index (χ0v) is 20.1. The third-order valence-electron chi connectivity index (χ3n) is 7.53. The van der Waals surface area contributed by atoms with Crippen LogP contribution in [0.2, 0.25) is 0 Å². The molecule has 0 atom stereocenters. The van der Waals surface area contributed by atoms with Crippen molar-refractivity contribution in [2.24, 2.45) is 5.73 Å². The minimum Gasteiger partial charge on any atom is -0.367 e. The van der Waals surface area contributed by atoms with Crippen LogP contribution in [0.25, 0.3) is 5.65 Å². The highest BCUT2D eigenvalue weighted by atomic mass is 16.1. The van der Waals surface area contributed by atoms with E-state index in [1.807, 2.05) is 42.6 Å². The van der Waals surface area contributed by atoms with Gasteiger partial charge in [0.1, 0.15) is 11.5 Å². The first-order valence-electron chi connectivity index (χ1n) is 13.1. The Morgan fingerprint density at radius 3 is 2.47 bits per heavy atom. The van der Waals surface area contributed by atoms with Gasteiger partial charge in [0.25, 0.3) is 5.91 Å². The highest BCUT2D eigenvalue weighted by Gasteiger charge is 2.26. The number of pyridine rings is 1. The highest BCUT2D eigenvalue weighted by Crippen LogP contribution is 2.37. The van der Waals surface area contributed by atoms with Crippen LogP contribution in [0, 0.1) is 0 Å². The summed E-state index contributed by atoms with van der Waals surface area (Å²) in [6.07, 6.45) is 14.7. The third kappa shape index (κ3) is 5.12. The van der Waals surface area contributed by atoms with Crippen molar-refractivity contribution < 1.29 is 4.79 Å². The molecule has 0 aliphatic heterocycles. The minimum absolute atomic E-state index is 0.0790. The number of carbonyl (C=O) groups excluding carboxylic acids is 1. The van der Waals surface area contributed by atoms with E-state index in [1.165, 1.54) is 69.9 Å². The molecule has 2 aliphatic carbocycles. The Balaban J connectivity index is 1.38. The molecule has 180 valence electrons. The summed E-state index contributed by atoms with van der Waals surface area (Å²) in [7, 11) is 0. The third-order valence-corrected chi connectivity index (χ3v) is 7.53. The molecule has 4 N–H and O–H groups in total. The van der Waals surface area contributed by atoms with Crippen molar-refractivity contribution in [1.82, 2.24) is 14.7 Å². The zero-order chi connectivity index (χ0) is 23.3. The number of fused-ring (bicyclic) bond motifs is 1. The smallest absolute Gasteiger partial charge is 0.251 e. The topological polar surface area (TPSA) is 84.5 Å². The molecule has 2 aromatic heterocycles. The molecule has 0 saturated heterocycles. The molecule has 34 heavy (non-hydrogen) atoms. The number of benzene rings is 1. The second-order valence-corrected chi connectivity index (χ2v) is 10.0. The molecule has 0 radical (unpaired) electrons. The predicted octanol–water partition coefficient (Wildman–Crippen LogP) is 5.52. The van der Waals surface area contributed by atoms with Crippen LogP contribution in [-0.4, -0.2) is 21.3 Å². The fraction of sp³-hybridized carbons (Fsp3) is 0.500. The summed E-state index contributed by atoms with van der Waals surface area (Å²) in [5.74, 6) is 1.58. The first-order chi connectivity index (χ1) is 16.7. The van der Waals surface area contributed by atoms with Gasteiger partial charge in [0.2, 0.25) is 0 Å². The SMILES string of the molecule is NCc1cccc(CNC(=O)c2ccn3c(NC4CCCCC4)c(C4CCCCC4)nc3c2)c1. The maximum atomic E-state index is 12.9. The van der Waals surface area contributed by atoms with Crippen LogP contribution in [0.15, 0.2) is 42.6 Å². The van der Waals surface area contributed by atoms with Crippen LogP contribution in [0.3, 0.4) is 0 Å². The Kier molecular flexibility index (Phi) is 7.14. The maximum absolute atomic E-state index is 12.9. The lowest BCUT2D eigenvalue weighted by Crippen LogP contribution is -2.24. The summed E-state index contributed by atoms with van der Waals surface area (Å²) < 4.78 is 2.17. The molecule has 5 rings (SSSR count). The molecule has 2 saturated carbocycles. The van der Waals surface area contributed by atoms with E-state index in [9.17, 15) is 4.79 Å². The first-order valence-corrected chi connectivity index (χ1v) is 13.1. The van der Waals surface area contributed by atoms with Gasteiger partial charge in [0.05, 0.1) is 5.69 Å². The number of aromatic nitrogens is 2. The maximum Gasteiger partial charge on any atom is 0.251 e. The van der Waals surface area contributed by atoms with E-state index in [0.717, 1.165) is 22.6 Å². The summed E-state index contributed by atoms with van der Waals surface area (Å²) in [5, 5.41) is 6.91. The van der Waals surface area contributed by atoms with Crippen LogP contribution in [0.4, 0.5) is 5.82 Å². The van der Waals surface area contributed by atoms with Crippen molar-refractivity contribution in [1.29, 1.82) is 0 Å². The lowest BCUT2D eigenvalue weighted by molar-refractivity contribution is 0.0951. The van der Waals surface area contributed by atoms with Crippen LogP contribution in [0.5, 0.6) is 0 Å². The van der Waals surface area contributed by atoms with Crippen molar-refractivity contribution >= 4 is 17.4 Å². The van der Waals surface area contributed by atoms with Crippen LogP contribution < -0.4 is 16.4 Å². The molecular weight excluding hydrogens is 422 g/mol. The predicted molar refractivity (Wildman–Crippen MR) is 137 cm³/mol. The van der Waals surface area contributed by atoms with Gasteiger partial charge in [-0.1, -0.05) is 62.8 Å². The molecular formula is C28H37N5O. The monoisotopic (exact) mass is 459 g/mol. The van der Waals surface area contributed by atoms with Gasteiger partial charge in [0, 0.05) is 36.8 Å². The molecule has 1 amide bonds. The number of amides is 1. The molecule has 2 aliphatic rings. The Bertz CT molecular complexity index is 1130. The quantitative estimate of drug-likeness (QED) is 0.435. The number of hydrogen-bond donors (Lipinski definition) is 3. The first kappa shape index (κ1) is 22.9. The lowest BCUT2D eigenvalue weighted by Gasteiger charge is -2.26. The van der Waals surface area contributed by atoms with Crippen molar-refractivity contribution in [2.45, 2.75) is 89.3 Å². The van der Waals surface area contributed by atoms with Crippen molar-refractivity contribution in [3.63, 3.8) is 0 Å². The van der Waals surface area contributed by atoms with Gasteiger partial charge in [-0.2, -0.15) is 0 Å². The second kappa shape index (κ2) is 10.6. The zero-order valence-electron chi connectivity index (χ0n) is 20.1. The van der Waals surface area contributed by atoms with Gasteiger partial charge in [-0.25, -0.2) is 4.98 Å². The molecule has 6 nitrogen and oxygen atoms in total. The molecule has 0 unspecified atom stereocenters. The summed E-state index contributed by atoms with van der Waals surface area (Å²) in [6, 6.07) is 12.4. The van der Waals surface area contributed by atoms with Crippen molar-refractivity contribution in [3.05, 3.63) is 65.0 Å². The van der Waals surface area contributed by atoms with Gasteiger partial charge in [-0.3, -0.25) is 9.20 Å². The number of hydrogen-bond acceptors (Lipinski definition) is 4. The van der Waals surface area contributed by atoms with E-state index in [-0.39, 0.29) is 5.91 Å². The van der Waals surface area contributed by atoms with E-state index in [1.54, 1.807) is 0 Å². The Morgan fingerprint density at radius 1 is 0.971 bits per heavy atom. The molecule has 1 aromatic carbocycles. The number of nitrogens with zero attached hydrogens (tertiary/aromatic N) is 2. The normalized spacial score (nSPS) is 17.7. The summed E-state index contributed by atoms with van der Waals surface area (Å²) in [5.41, 5.74) is 10.6. The van der Waals surface area contributed by atoms with Gasteiger partial charge in [-0.05, 0) is 48.9 Å². The number of carbonyl (C=O) groups is 1. The number of nitrogens with one attached hydrogen (secondary N) is 2. The van der Waals surface area contributed by atoms with Crippen LogP contribution >= 0.6 is 0 Å². The van der Waals surface area contributed by atoms with E-state index < -0.39 is 0 Å². The van der Waals surface area contributed by atoms with Gasteiger partial charge in [-0.15, -0.1) is 0 Å². The fourth-order valence-corrected chi connectivity index (χ4v) is 5.60. The molecule has 3 aromatic rings. The minimum atomic E-state index is -0.0790. The summed E-state index contributed by atoms with van der Waals surface area (Å²) >= 11 is 0. The highest BCUT2D eigenvalue weighted by molar-refractivity contribution is 5.95. The van der Waals surface area contributed by atoms with E-state index >= 15 is 0 Å². The largest absolute Gasteiger partial charge is 0.367 e. The molecule has 2 fully saturated rings. The summed E-state index contributed by atoms with van der Waals surface area (Å²) in [6.45, 7) is 0.979. The number of rotatable bonds is 7. The van der Waals surface area contributed by atoms with Gasteiger partial charge in [0.15, 0.2) is 0 Å².